The molecule has 0 aliphatic carbocycles. The Balaban J connectivity index is 1.41. The molecular formula is C34H22N2. The monoisotopic (exact) mass is 458 g/mol. The summed E-state index contributed by atoms with van der Waals surface area (Å²) < 4.78 is 0. The van der Waals surface area contributed by atoms with E-state index >= 15 is 0 Å². The zero-order valence-electron chi connectivity index (χ0n) is 19.6. The Bertz CT molecular complexity index is 1890. The van der Waals surface area contributed by atoms with Crippen molar-refractivity contribution in [2.45, 2.75) is 0 Å². The van der Waals surface area contributed by atoms with Gasteiger partial charge in [-0.15, -0.1) is 0 Å². The van der Waals surface area contributed by atoms with E-state index in [4.69, 9.17) is 4.98 Å². The first-order chi connectivity index (χ1) is 17.8. The second-order valence-corrected chi connectivity index (χ2v) is 9.06. The summed E-state index contributed by atoms with van der Waals surface area (Å²) in [7, 11) is 0. The lowest BCUT2D eigenvalue weighted by molar-refractivity contribution is 1.37. The van der Waals surface area contributed by atoms with Gasteiger partial charge in [0.2, 0.25) is 0 Å². The number of rotatable bonds is 3. The fourth-order valence-corrected chi connectivity index (χ4v) is 5.14. The molecule has 168 valence electrons. The van der Waals surface area contributed by atoms with Crippen molar-refractivity contribution in [3.63, 3.8) is 0 Å². The van der Waals surface area contributed by atoms with Gasteiger partial charge < -0.3 is 0 Å². The van der Waals surface area contributed by atoms with Crippen molar-refractivity contribution in [1.29, 1.82) is 0 Å². The van der Waals surface area contributed by atoms with Crippen LogP contribution in [0.2, 0.25) is 0 Å². The molecule has 0 bridgehead atoms. The van der Waals surface area contributed by atoms with E-state index in [0.717, 1.165) is 33.1 Å². The topological polar surface area (TPSA) is 25.8 Å². The number of hydrogen-bond acceptors (Lipinski definition) is 2. The predicted molar refractivity (Wildman–Crippen MR) is 151 cm³/mol. The summed E-state index contributed by atoms with van der Waals surface area (Å²) in [5.74, 6) is 0. The van der Waals surface area contributed by atoms with Crippen LogP contribution in [0.5, 0.6) is 0 Å². The fraction of sp³-hybridized carbons (Fsp3) is 0. The van der Waals surface area contributed by atoms with Gasteiger partial charge in [0, 0.05) is 22.5 Å². The highest BCUT2D eigenvalue weighted by atomic mass is 14.8. The third-order valence-electron chi connectivity index (χ3n) is 6.91. The minimum Gasteiger partial charge on any atom is -0.254 e. The molecular weight excluding hydrogens is 436 g/mol. The van der Waals surface area contributed by atoms with Crippen LogP contribution in [0.3, 0.4) is 0 Å². The third kappa shape index (κ3) is 3.43. The first kappa shape index (κ1) is 20.5. The van der Waals surface area contributed by atoms with Crippen molar-refractivity contribution in [2.75, 3.05) is 0 Å². The molecule has 0 saturated heterocycles. The summed E-state index contributed by atoms with van der Waals surface area (Å²) in [6.07, 6.45) is 1.84. The normalized spacial score (nSPS) is 11.3. The van der Waals surface area contributed by atoms with Crippen LogP contribution in [0.4, 0.5) is 0 Å². The summed E-state index contributed by atoms with van der Waals surface area (Å²) >= 11 is 0. The van der Waals surface area contributed by atoms with Crippen LogP contribution in [0.15, 0.2) is 134 Å². The van der Waals surface area contributed by atoms with Crippen LogP contribution in [0.1, 0.15) is 0 Å². The Labute approximate surface area is 209 Å². The van der Waals surface area contributed by atoms with Crippen molar-refractivity contribution in [2.24, 2.45) is 0 Å². The van der Waals surface area contributed by atoms with Gasteiger partial charge in [0.1, 0.15) is 0 Å². The van der Waals surface area contributed by atoms with E-state index in [0.29, 0.717) is 0 Å². The van der Waals surface area contributed by atoms with Gasteiger partial charge in [-0.05, 0) is 51.2 Å². The van der Waals surface area contributed by atoms with Gasteiger partial charge >= 0.3 is 0 Å². The molecule has 0 radical (unpaired) electrons. The number of pyridine rings is 2. The minimum atomic E-state index is 0.939. The Morgan fingerprint density at radius 3 is 1.94 bits per heavy atom. The van der Waals surface area contributed by atoms with Gasteiger partial charge in [-0.25, -0.2) is 4.98 Å². The molecule has 0 aliphatic heterocycles. The highest BCUT2D eigenvalue weighted by Crippen LogP contribution is 2.37. The van der Waals surface area contributed by atoms with Crippen molar-refractivity contribution in [3.8, 4) is 33.5 Å². The maximum Gasteiger partial charge on any atom is 0.0972 e. The molecule has 7 aromatic rings. The lowest BCUT2D eigenvalue weighted by Gasteiger charge is -2.13. The standard InChI is InChI=1S/C34H22N2/c1-2-8-23(9-3-1)26-10-6-11-27(22-26)28-18-19-31(30-14-5-4-13-29(28)30)32-20-17-25-16-15-24-12-7-21-35-33(24)34(25)36-32/h1-22H. The number of nitrogens with zero attached hydrogens (tertiary/aromatic N) is 2. The Kier molecular flexibility index (Phi) is 4.82. The molecule has 2 nitrogen and oxygen atoms in total. The van der Waals surface area contributed by atoms with Crippen LogP contribution < -0.4 is 0 Å². The van der Waals surface area contributed by atoms with Crippen molar-refractivity contribution < 1.29 is 0 Å². The van der Waals surface area contributed by atoms with Crippen molar-refractivity contribution in [1.82, 2.24) is 9.97 Å². The molecule has 0 atom stereocenters. The van der Waals surface area contributed by atoms with E-state index < -0.39 is 0 Å². The van der Waals surface area contributed by atoms with Gasteiger partial charge in [-0.3, -0.25) is 4.98 Å². The number of aromatic nitrogens is 2. The summed E-state index contributed by atoms with van der Waals surface area (Å²) in [6, 6.07) is 45.0. The zero-order chi connectivity index (χ0) is 23.9. The van der Waals surface area contributed by atoms with Crippen LogP contribution in [0.25, 0.3) is 66.1 Å². The lowest BCUT2D eigenvalue weighted by Crippen LogP contribution is -1.91. The van der Waals surface area contributed by atoms with Gasteiger partial charge in [-0.2, -0.15) is 0 Å². The molecule has 0 saturated carbocycles. The van der Waals surface area contributed by atoms with E-state index in [1.165, 1.54) is 33.0 Å². The first-order valence-electron chi connectivity index (χ1n) is 12.2. The number of fused-ring (bicyclic) bond motifs is 4. The highest BCUT2D eigenvalue weighted by Gasteiger charge is 2.12. The van der Waals surface area contributed by atoms with Crippen molar-refractivity contribution >= 4 is 32.6 Å². The fourth-order valence-electron chi connectivity index (χ4n) is 5.14. The average Bonchev–Trinajstić information content (AvgIpc) is 2.97. The summed E-state index contributed by atoms with van der Waals surface area (Å²) in [4.78, 5) is 9.75. The minimum absolute atomic E-state index is 0.939. The smallest absolute Gasteiger partial charge is 0.0972 e. The number of benzene rings is 5. The predicted octanol–water partition coefficient (Wildman–Crippen LogP) is 8.94. The van der Waals surface area contributed by atoms with E-state index in [1.54, 1.807) is 0 Å². The van der Waals surface area contributed by atoms with Gasteiger partial charge in [0.15, 0.2) is 0 Å². The molecule has 7 rings (SSSR count). The second kappa shape index (κ2) is 8.44. The summed E-state index contributed by atoms with van der Waals surface area (Å²) in [5.41, 5.74) is 8.84. The Morgan fingerprint density at radius 2 is 1.08 bits per heavy atom. The summed E-state index contributed by atoms with van der Waals surface area (Å²) in [6.45, 7) is 0. The molecule has 2 aromatic heterocycles. The first-order valence-corrected chi connectivity index (χ1v) is 12.2. The average molecular weight is 459 g/mol. The molecule has 2 heterocycles. The van der Waals surface area contributed by atoms with E-state index in [9.17, 15) is 0 Å². The quantitative estimate of drug-likeness (QED) is 0.247. The van der Waals surface area contributed by atoms with Crippen molar-refractivity contribution in [3.05, 3.63) is 134 Å². The maximum absolute atomic E-state index is 5.12. The summed E-state index contributed by atoms with van der Waals surface area (Å²) in [5, 5.41) is 4.62. The second-order valence-electron chi connectivity index (χ2n) is 9.06. The molecule has 5 aromatic carbocycles. The molecule has 0 spiro atoms. The zero-order valence-corrected chi connectivity index (χ0v) is 19.6. The van der Waals surface area contributed by atoms with E-state index in [-0.39, 0.29) is 0 Å². The molecule has 0 aliphatic rings. The molecule has 0 fully saturated rings. The van der Waals surface area contributed by atoms with Gasteiger partial charge in [-0.1, -0.05) is 109 Å². The van der Waals surface area contributed by atoms with Crippen LogP contribution in [-0.2, 0) is 0 Å². The van der Waals surface area contributed by atoms with E-state index in [2.05, 4.69) is 126 Å². The SMILES string of the molecule is c1ccc(-c2cccc(-c3ccc(-c4ccc5ccc6cccnc6c5n4)c4ccccc34)c2)cc1. The lowest BCUT2D eigenvalue weighted by atomic mass is 9.92. The third-order valence-corrected chi connectivity index (χ3v) is 6.91. The van der Waals surface area contributed by atoms with Crippen LogP contribution in [-0.4, -0.2) is 9.97 Å². The highest BCUT2D eigenvalue weighted by molar-refractivity contribution is 6.07. The van der Waals surface area contributed by atoms with Gasteiger partial charge in [0.25, 0.3) is 0 Å². The number of hydrogen-bond donors (Lipinski definition) is 0. The molecule has 2 heteroatoms. The van der Waals surface area contributed by atoms with Gasteiger partial charge in [0.05, 0.1) is 16.7 Å². The molecule has 0 N–H and O–H groups in total. The largest absolute Gasteiger partial charge is 0.254 e. The van der Waals surface area contributed by atoms with E-state index in [1.807, 2.05) is 12.3 Å². The molecule has 0 amide bonds. The van der Waals surface area contributed by atoms with Crippen LogP contribution in [0, 0.1) is 0 Å². The van der Waals surface area contributed by atoms with Crippen LogP contribution >= 0.6 is 0 Å². The molecule has 36 heavy (non-hydrogen) atoms. The Morgan fingerprint density at radius 1 is 0.417 bits per heavy atom. The Hall–Kier alpha value is -4.82. The molecule has 0 unspecified atom stereocenters. The maximum atomic E-state index is 5.12.